The minimum Gasteiger partial charge on any atom is -0.390 e. The number of aldehydes is 1. The molecule has 0 aromatic carbocycles. The summed E-state index contributed by atoms with van der Waals surface area (Å²) in [5.41, 5.74) is 10.4. The Morgan fingerprint density at radius 2 is 2.17 bits per heavy atom. The molecule has 0 fully saturated rings. The van der Waals surface area contributed by atoms with Gasteiger partial charge in [0.1, 0.15) is 5.00 Å². The van der Waals surface area contributed by atoms with E-state index in [1.165, 1.54) is 0 Å². The van der Waals surface area contributed by atoms with E-state index in [1.807, 2.05) is 0 Å². The van der Waals surface area contributed by atoms with Crippen LogP contribution >= 0.6 is 22.9 Å². The van der Waals surface area contributed by atoms with Gasteiger partial charge in [-0.05, 0) is 0 Å². The summed E-state index contributed by atoms with van der Waals surface area (Å²) in [5, 5.41) is 0.217. The Morgan fingerprint density at radius 1 is 1.58 bits per heavy atom. The molecule has 1 rings (SSSR count). The molecule has 0 aliphatic carbocycles. The molecule has 1 heterocycles. The van der Waals surface area contributed by atoms with Crippen LogP contribution in [-0.2, 0) is 0 Å². The number of hydrogen-bond acceptors (Lipinski definition) is 4. The molecule has 0 bridgehead atoms. The molecule has 64 valence electrons. The molecule has 12 heavy (non-hydrogen) atoms. The fraction of sp³-hybridized carbons (Fsp3) is 0. The van der Waals surface area contributed by atoms with Crippen LogP contribution in [0.3, 0.4) is 0 Å². The van der Waals surface area contributed by atoms with E-state index in [-0.39, 0.29) is 20.5 Å². The number of hydrogen-bond donors (Lipinski definition) is 2. The molecule has 6 heteroatoms. The van der Waals surface area contributed by atoms with Crippen LogP contribution < -0.4 is 11.5 Å². The first kappa shape index (κ1) is 9.02. The van der Waals surface area contributed by atoms with Gasteiger partial charge in [-0.15, -0.1) is 11.3 Å². The number of thiophene rings is 1. The third-order valence-electron chi connectivity index (χ3n) is 1.26. The lowest BCUT2D eigenvalue weighted by Gasteiger charge is -1.91. The standard InChI is InChI=1S/C6H5ClN2O2S/c7-4-2(1-10)12-6(9)3(4)5(8)11/h1H,9H2,(H2,8,11). The van der Waals surface area contributed by atoms with Gasteiger partial charge in [0.25, 0.3) is 5.91 Å². The molecule has 0 aliphatic rings. The second kappa shape index (κ2) is 3.12. The second-order valence-corrected chi connectivity index (χ2v) is 3.46. The number of carbonyl (C=O) groups is 2. The average Bonchev–Trinajstić information content (AvgIpc) is 2.25. The molecule has 0 aliphatic heterocycles. The highest BCUT2D eigenvalue weighted by molar-refractivity contribution is 7.18. The molecule has 0 saturated heterocycles. The number of nitrogens with two attached hydrogens (primary N) is 2. The van der Waals surface area contributed by atoms with Crippen molar-refractivity contribution < 1.29 is 9.59 Å². The van der Waals surface area contributed by atoms with E-state index in [0.717, 1.165) is 11.3 Å². The van der Waals surface area contributed by atoms with Gasteiger partial charge in [0.15, 0.2) is 6.29 Å². The Balaban J connectivity index is 3.37. The lowest BCUT2D eigenvalue weighted by Crippen LogP contribution is -2.12. The van der Waals surface area contributed by atoms with Crippen molar-refractivity contribution in [2.45, 2.75) is 0 Å². The molecule has 0 spiro atoms. The van der Waals surface area contributed by atoms with Crippen molar-refractivity contribution in [2.24, 2.45) is 5.73 Å². The Kier molecular flexibility index (Phi) is 2.35. The lowest BCUT2D eigenvalue weighted by molar-refractivity contribution is 0.100. The van der Waals surface area contributed by atoms with Crippen LogP contribution in [-0.4, -0.2) is 12.2 Å². The van der Waals surface area contributed by atoms with Gasteiger partial charge in [0.2, 0.25) is 0 Å². The maximum atomic E-state index is 10.7. The molecule has 0 unspecified atom stereocenters. The van der Waals surface area contributed by atoms with Crippen molar-refractivity contribution in [1.82, 2.24) is 0 Å². The zero-order chi connectivity index (χ0) is 9.30. The number of primary amides is 1. The first-order valence-electron chi connectivity index (χ1n) is 2.90. The summed E-state index contributed by atoms with van der Waals surface area (Å²) < 4.78 is 0. The minimum atomic E-state index is -0.721. The minimum absolute atomic E-state index is 0.0313. The quantitative estimate of drug-likeness (QED) is 0.702. The molecule has 0 atom stereocenters. The van der Waals surface area contributed by atoms with E-state index in [2.05, 4.69) is 0 Å². The Hall–Kier alpha value is -1.07. The van der Waals surface area contributed by atoms with Crippen LogP contribution in [0.5, 0.6) is 0 Å². The first-order valence-corrected chi connectivity index (χ1v) is 4.10. The molecule has 0 saturated carbocycles. The number of halogens is 1. The number of carbonyl (C=O) groups excluding carboxylic acids is 2. The summed E-state index contributed by atoms with van der Waals surface area (Å²) in [4.78, 5) is 21.3. The zero-order valence-electron chi connectivity index (χ0n) is 5.83. The third kappa shape index (κ3) is 1.28. The second-order valence-electron chi connectivity index (χ2n) is 2.00. The van der Waals surface area contributed by atoms with Gasteiger partial charge in [-0.25, -0.2) is 0 Å². The van der Waals surface area contributed by atoms with Gasteiger partial charge in [0, 0.05) is 0 Å². The average molecular weight is 205 g/mol. The van der Waals surface area contributed by atoms with Crippen LogP contribution in [0.15, 0.2) is 0 Å². The van der Waals surface area contributed by atoms with Crippen LogP contribution in [0.2, 0.25) is 5.02 Å². The van der Waals surface area contributed by atoms with Crippen molar-refractivity contribution in [3.8, 4) is 0 Å². The monoisotopic (exact) mass is 204 g/mol. The zero-order valence-corrected chi connectivity index (χ0v) is 7.41. The fourth-order valence-corrected chi connectivity index (χ4v) is 1.94. The normalized spacial score (nSPS) is 9.75. The van der Waals surface area contributed by atoms with Crippen LogP contribution in [0.4, 0.5) is 5.00 Å². The van der Waals surface area contributed by atoms with Crippen molar-refractivity contribution in [2.75, 3.05) is 5.73 Å². The smallest absolute Gasteiger partial charge is 0.253 e. The van der Waals surface area contributed by atoms with Crippen molar-refractivity contribution in [3.05, 3.63) is 15.5 Å². The largest absolute Gasteiger partial charge is 0.390 e. The Bertz CT molecular complexity index is 348. The summed E-state index contributed by atoms with van der Waals surface area (Å²) in [6.07, 6.45) is 0.537. The fourth-order valence-electron chi connectivity index (χ4n) is 0.751. The topological polar surface area (TPSA) is 86.2 Å². The summed E-state index contributed by atoms with van der Waals surface area (Å²) in [5.74, 6) is -0.721. The molecule has 1 amide bonds. The van der Waals surface area contributed by atoms with Gasteiger partial charge in [-0.2, -0.15) is 0 Å². The molecule has 4 nitrogen and oxygen atoms in total. The predicted molar refractivity (Wildman–Crippen MR) is 47.6 cm³/mol. The molecule has 1 aromatic rings. The maximum absolute atomic E-state index is 10.7. The van der Waals surface area contributed by atoms with E-state index in [9.17, 15) is 9.59 Å². The van der Waals surface area contributed by atoms with E-state index in [0.29, 0.717) is 6.29 Å². The van der Waals surface area contributed by atoms with Gasteiger partial charge in [-0.1, -0.05) is 11.6 Å². The summed E-state index contributed by atoms with van der Waals surface area (Å²) in [7, 11) is 0. The highest BCUT2D eigenvalue weighted by Gasteiger charge is 2.18. The summed E-state index contributed by atoms with van der Waals surface area (Å²) >= 11 is 6.57. The highest BCUT2D eigenvalue weighted by Crippen LogP contribution is 2.33. The lowest BCUT2D eigenvalue weighted by atomic mass is 10.3. The van der Waals surface area contributed by atoms with Crippen LogP contribution in [0, 0.1) is 0 Å². The highest BCUT2D eigenvalue weighted by atomic mass is 35.5. The van der Waals surface area contributed by atoms with Gasteiger partial charge in [0.05, 0.1) is 15.5 Å². The summed E-state index contributed by atoms with van der Waals surface area (Å²) in [6.45, 7) is 0. The Labute approximate surface area is 77.1 Å². The molecule has 4 N–H and O–H groups in total. The van der Waals surface area contributed by atoms with Gasteiger partial charge < -0.3 is 11.5 Å². The number of nitrogen functional groups attached to an aromatic ring is 1. The number of rotatable bonds is 2. The number of anilines is 1. The molecule has 1 aromatic heterocycles. The van der Waals surface area contributed by atoms with Crippen LogP contribution in [0.25, 0.3) is 0 Å². The van der Waals surface area contributed by atoms with Crippen LogP contribution in [0.1, 0.15) is 20.0 Å². The van der Waals surface area contributed by atoms with E-state index in [1.54, 1.807) is 0 Å². The third-order valence-corrected chi connectivity index (χ3v) is 2.70. The number of amides is 1. The van der Waals surface area contributed by atoms with E-state index in [4.69, 9.17) is 23.1 Å². The van der Waals surface area contributed by atoms with Gasteiger partial charge >= 0.3 is 0 Å². The van der Waals surface area contributed by atoms with E-state index >= 15 is 0 Å². The predicted octanol–water partition coefficient (Wildman–Crippen LogP) is 0.895. The molecule has 0 radical (unpaired) electrons. The summed E-state index contributed by atoms with van der Waals surface area (Å²) in [6, 6.07) is 0. The maximum Gasteiger partial charge on any atom is 0.253 e. The Morgan fingerprint density at radius 3 is 2.42 bits per heavy atom. The van der Waals surface area contributed by atoms with Crippen molar-refractivity contribution >= 4 is 40.1 Å². The molecular weight excluding hydrogens is 200 g/mol. The van der Waals surface area contributed by atoms with Crippen molar-refractivity contribution in [1.29, 1.82) is 0 Å². The van der Waals surface area contributed by atoms with Gasteiger partial charge in [-0.3, -0.25) is 9.59 Å². The molecular formula is C6H5ClN2O2S. The van der Waals surface area contributed by atoms with E-state index < -0.39 is 5.91 Å². The first-order chi connectivity index (χ1) is 5.57. The van der Waals surface area contributed by atoms with Crippen molar-refractivity contribution in [3.63, 3.8) is 0 Å². The SMILES string of the molecule is NC(=O)c1c(N)sc(C=O)c1Cl.